The van der Waals surface area contributed by atoms with Gasteiger partial charge in [-0.05, 0) is 43.5 Å². The number of aliphatic carboxylic acids is 1. The molecule has 1 aliphatic heterocycles. The molecule has 1 saturated heterocycles. The molecule has 1 fully saturated rings. The van der Waals surface area contributed by atoms with E-state index in [0.717, 1.165) is 32.9 Å². The van der Waals surface area contributed by atoms with E-state index < -0.39 is 17.8 Å². The Labute approximate surface area is 135 Å². The molecule has 0 aliphatic carbocycles. The number of nitrogens with two attached hydrogens (primary N) is 2. The van der Waals surface area contributed by atoms with Gasteiger partial charge in [0.25, 0.3) is 5.97 Å². The second-order valence-corrected chi connectivity index (χ2v) is 5.44. The first kappa shape index (κ1) is 18.6. The predicted octanol–water partition coefficient (Wildman–Crippen LogP) is 0.445. The zero-order valence-corrected chi connectivity index (χ0v) is 13.1. The van der Waals surface area contributed by atoms with Crippen molar-refractivity contribution in [3.05, 3.63) is 35.4 Å². The molecule has 2 amide bonds. The highest BCUT2D eigenvalue weighted by Crippen LogP contribution is 2.32. The van der Waals surface area contributed by atoms with Gasteiger partial charge in [-0.2, -0.15) is 0 Å². The molecule has 7 nitrogen and oxygen atoms in total. The zero-order valence-electron chi connectivity index (χ0n) is 13.1. The molecule has 1 aromatic rings. The summed E-state index contributed by atoms with van der Waals surface area (Å²) in [7, 11) is 0. The Kier molecular flexibility index (Phi) is 7.21. The highest BCUT2D eigenvalue weighted by atomic mass is 16.4. The highest BCUT2D eigenvalue weighted by Gasteiger charge is 2.31. The minimum atomic E-state index is -0.833. The Morgan fingerprint density at radius 1 is 1.17 bits per heavy atom. The molecule has 2 rings (SSSR count). The van der Waals surface area contributed by atoms with Gasteiger partial charge in [0.15, 0.2) is 0 Å². The minimum absolute atomic E-state index is 0.166. The fourth-order valence-corrected chi connectivity index (χ4v) is 2.81. The van der Waals surface area contributed by atoms with Crippen LogP contribution in [0.2, 0.25) is 0 Å². The predicted molar refractivity (Wildman–Crippen MR) is 85.8 cm³/mol. The van der Waals surface area contributed by atoms with Crippen LogP contribution in [0.1, 0.15) is 41.6 Å². The lowest BCUT2D eigenvalue weighted by molar-refractivity contribution is -0.134. The Morgan fingerprint density at radius 2 is 1.70 bits per heavy atom. The molecule has 1 heterocycles. The van der Waals surface area contributed by atoms with Crippen LogP contribution in [0.3, 0.4) is 0 Å². The molecule has 0 aromatic heterocycles. The maximum absolute atomic E-state index is 11.8. The maximum atomic E-state index is 11.8. The van der Waals surface area contributed by atoms with Gasteiger partial charge in [0.1, 0.15) is 0 Å². The summed E-state index contributed by atoms with van der Waals surface area (Å²) in [6.45, 7) is 2.82. The fourth-order valence-electron chi connectivity index (χ4n) is 2.81. The molecule has 1 aromatic carbocycles. The molecule has 1 aliphatic rings. The molecule has 0 saturated carbocycles. The van der Waals surface area contributed by atoms with Gasteiger partial charge in [-0.15, -0.1) is 0 Å². The molecule has 23 heavy (non-hydrogen) atoms. The molecular weight excluding hydrogens is 298 g/mol. The fraction of sp³-hybridized carbons (Fsp3) is 0.438. The summed E-state index contributed by atoms with van der Waals surface area (Å²) < 4.78 is 0. The van der Waals surface area contributed by atoms with Gasteiger partial charge < -0.3 is 21.9 Å². The summed E-state index contributed by atoms with van der Waals surface area (Å²) in [6.07, 6.45) is 1.75. The van der Waals surface area contributed by atoms with Gasteiger partial charge in [-0.25, -0.2) is 0 Å². The third kappa shape index (κ3) is 5.71. The average molecular weight is 321 g/mol. The molecule has 1 atom stereocenters. The third-order valence-electron chi connectivity index (χ3n) is 3.72. The topological polar surface area (TPSA) is 136 Å². The molecule has 0 radical (unpaired) electrons. The van der Waals surface area contributed by atoms with E-state index in [1.807, 2.05) is 0 Å². The van der Waals surface area contributed by atoms with Gasteiger partial charge >= 0.3 is 0 Å². The molecule has 0 bridgehead atoms. The van der Waals surface area contributed by atoms with Gasteiger partial charge in [0.05, 0.1) is 5.92 Å². The first-order valence-corrected chi connectivity index (χ1v) is 7.42. The normalized spacial score (nSPS) is 15.9. The minimum Gasteiger partial charge on any atom is -0.481 e. The summed E-state index contributed by atoms with van der Waals surface area (Å²) in [5.74, 6) is -2.01. The van der Waals surface area contributed by atoms with Crippen LogP contribution in [0.4, 0.5) is 0 Å². The molecule has 6 N–H and O–H groups in total. The van der Waals surface area contributed by atoms with Gasteiger partial charge in [0.2, 0.25) is 11.8 Å². The number of carboxylic acids is 1. The van der Waals surface area contributed by atoms with Crippen LogP contribution in [-0.2, 0) is 9.59 Å². The van der Waals surface area contributed by atoms with Crippen LogP contribution in [0.25, 0.3) is 0 Å². The molecule has 126 valence electrons. The number of amides is 2. The molecule has 1 unspecified atom stereocenters. The standard InChI is InChI=1S/C14H19N3O2.C2H4O2/c15-13(18)11-4-2-1-3-10(11)12(14(16)19)9-5-7-17-8-6-9;1-2(3)4/h1-4,9,12,17H,5-8H2,(H2,15,18)(H2,16,19);1H3,(H,3,4). The number of piperidine rings is 1. The van der Waals surface area contributed by atoms with E-state index in [0.29, 0.717) is 11.1 Å². The van der Waals surface area contributed by atoms with E-state index in [-0.39, 0.29) is 11.8 Å². The second-order valence-electron chi connectivity index (χ2n) is 5.44. The number of carbonyl (C=O) groups excluding carboxylic acids is 2. The monoisotopic (exact) mass is 321 g/mol. The third-order valence-corrected chi connectivity index (χ3v) is 3.72. The van der Waals surface area contributed by atoms with Crippen molar-refractivity contribution in [2.24, 2.45) is 17.4 Å². The van der Waals surface area contributed by atoms with E-state index in [4.69, 9.17) is 21.4 Å². The van der Waals surface area contributed by atoms with Crippen LogP contribution >= 0.6 is 0 Å². The zero-order chi connectivity index (χ0) is 17.4. The molecule has 7 heteroatoms. The second kappa shape index (κ2) is 8.89. The van der Waals surface area contributed by atoms with Crippen molar-refractivity contribution in [1.82, 2.24) is 5.32 Å². The van der Waals surface area contributed by atoms with Crippen LogP contribution in [0.15, 0.2) is 24.3 Å². The van der Waals surface area contributed by atoms with Crippen LogP contribution < -0.4 is 16.8 Å². The first-order chi connectivity index (χ1) is 10.8. The summed E-state index contributed by atoms with van der Waals surface area (Å²) in [4.78, 5) is 32.3. The van der Waals surface area contributed by atoms with Crippen molar-refractivity contribution in [3.8, 4) is 0 Å². The van der Waals surface area contributed by atoms with Crippen molar-refractivity contribution in [1.29, 1.82) is 0 Å². The van der Waals surface area contributed by atoms with Gasteiger partial charge in [0, 0.05) is 12.5 Å². The van der Waals surface area contributed by atoms with Gasteiger partial charge in [-0.3, -0.25) is 14.4 Å². The van der Waals surface area contributed by atoms with E-state index in [2.05, 4.69) is 5.32 Å². The first-order valence-electron chi connectivity index (χ1n) is 7.42. The number of carboxylic acid groups (broad SMARTS) is 1. The Morgan fingerprint density at radius 3 is 2.17 bits per heavy atom. The quantitative estimate of drug-likeness (QED) is 0.638. The summed E-state index contributed by atoms with van der Waals surface area (Å²) >= 11 is 0. The number of carbonyl (C=O) groups is 3. The number of benzene rings is 1. The summed E-state index contributed by atoms with van der Waals surface area (Å²) in [6, 6.07) is 6.97. The lowest BCUT2D eigenvalue weighted by Gasteiger charge is -2.29. The molecular formula is C16H23N3O4. The number of primary amides is 2. The van der Waals surface area contributed by atoms with E-state index in [9.17, 15) is 9.59 Å². The average Bonchev–Trinajstić information content (AvgIpc) is 2.48. The number of rotatable bonds is 4. The smallest absolute Gasteiger partial charge is 0.300 e. The largest absolute Gasteiger partial charge is 0.481 e. The molecule has 0 spiro atoms. The Balaban J connectivity index is 0.000000593. The Hall–Kier alpha value is -2.41. The highest BCUT2D eigenvalue weighted by molar-refractivity contribution is 5.96. The number of hydrogen-bond acceptors (Lipinski definition) is 4. The van der Waals surface area contributed by atoms with Gasteiger partial charge in [-0.1, -0.05) is 18.2 Å². The van der Waals surface area contributed by atoms with Crippen LogP contribution in [0, 0.1) is 5.92 Å². The van der Waals surface area contributed by atoms with Crippen molar-refractivity contribution in [2.75, 3.05) is 13.1 Å². The Bertz CT molecular complexity index is 564. The number of hydrogen-bond donors (Lipinski definition) is 4. The summed E-state index contributed by atoms with van der Waals surface area (Å²) in [5, 5.41) is 10.7. The summed E-state index contributed by atoms with van der Waals surface area (Å²) in [5.41, 5.74) is 12.0. The van der Waals surface area contributed by atoms with Crippen molar-refractivity contribution < 1.29 is 19.5 Å². The lowest BCUT2D eigenvalue weighted by atomic mass is 9.78. The van der Waals surface area contributed by atoms with Crippen molar-refractivity contribution in [2.45, 2.75) is 25.7 Å². The number of nitrogens with one attached hydrogen (secondary N) is 1. The van der Waals surface area contributed by atoms with E-state index >= 15 is 0 Å². The van der Waals surface area contributed by atoms with Crippen molar-refractivity contribution in [3.63, 3.8) is 0 Å². The SMILES string of the molecule is CC(=O)O.NC(=O)c1ccccc1C(C(N)=O)C1CCNCC1. The van der Waals surface area contributed by atoms with Crippen molar-refractivity contribution >= 4 is 17.8 Å². The van der Waals surface area contributed by atoms with Crippen LogP contribution in [0.5, 0.6) is 0 Å². The maximum Gasteiger partial charge on any atom is 0.300 e. The van der Waals surface area contributed by atoms with Crippen LogP contribution in [-0.4, -0.2) is 36.0 Å². The van der Waals surface area contributed by atoms with E-state index in [1.165, 1.54) is 0 Å². The van der Waals surface area contributed by atoms with E-state index in [1.54, 1.807) is 24.3 Å². The lowest BCUT2D eigenvalue weighted by Crippen LogP contribution is -2.37.